The van der Waals surface area contributed by atoms with Gasteiger partial charge in [-0.2, -0.15) is 0 Å². The number of rotatable bonds is 5. The first-order chi connectivity index (χ1) is 7.65. The summed E-state index contributed by atoms with van der Waals surface area (Å²) in [6, 6.07) is 0.903. The summed E-state index contributed by atoms with van der Waals surface area (Å²) < 4.78 is 0. The van der Waals surface area contributed by atoms with Crippen LogP contribution in [0.3, 0.4) is 0 Å². The largest absolute Gasteiger partial charge is 0.341 e. The van der Waals surface area contributed by atoms with Crippen LogP contribution in [0.25, 0.3) is 0 Å². The fourth-order valence-electron chi connectivity index (χ4n) is 2.44. The van der Waals surface area contributed by atoms with Crippen LogP contribution in [0.2, 0.25) is 0 Å². The quantitative estimate of drug-likeness (QED) is 0.779. The fraction of sp³-hybridized carbons (Fsp3) is 0.923. The highest BCUT2D eigenvalue weighted by molar-refractivity contribution is 5.76. The van der Waals surface area contributed by atoms with Crippen molar-refractivity contribution >= 4 is 5.91 Å². The van der Waals surface area contributed by atoms with Crippen LogP contribution in [-0.2, 0) is 4.79 Å². The summed E-state index contributed by atoms with van der Waals surface area (Å²) in [5, 5.41) is 3.49. The molecule has 0 spiro atoms. The van der Waals surface area contributed by atoms with E-state index in [9.17, 15) is 4.79 Å². The summed E-state index contributed by atoms with van der Waals surface area (Å²) in [6.45, 7) is 8.17. The van der Waals surface area contributed by atoms with Gasteiger partial charge in [0.25, 0.3) is 0 Å². The van der Waals surface area contributed by atoms with Gasteiger partial charge in [0.15, 0.2) is 0 Å². The third-order valence-electron chi connectivity index (χ3n) is 3.40. The van der Waals surface area contributed by atoms with Gasteiger partial charge >= 0.3 is 0 Å². The summed E-state index contributed by atoms with van der Waals surface area (Å²) in [6.07, 6.45) is 5.54. The van der Waals surface area contributed by atoms with Gasteiger partial charge in [0.05, 0.1) is 0 Å². The zero-order chi connectivity index (χ0) is 12.0. The molecule has 94 valence electrons. The predicted octanol–water partition coefficient (Wildman–Crippen LogP) is 2.17. The van der Waals surface area contributed by atoms with Crippen molar-refractivity contribution in [3.63, 3.8) is 0 Å². The number of carbonyl (C=O) groups excluding carboxylic acids is 1. The fourth-order valence-corrected chi connectivity index (χ4v) is 2.44. The molecule has 1 N–H and O–H groups in total. The van der Waals surface area contributed by atoms with Crippen LogP contribution in [-0.4, -0.2) is 36.0 Å². The lowest BCUT2D eigenvalue weighted by Crippen LogP contribution is -2.39. The second kappa shape index (κ2) is 6.89. The Morgan fingerprint density at radius 1 is 1.44 bits per heavy atom. The lowest BCUT2D eigenvalue weighted by molar-refractivity contribution is -0.132. The van der Waals surface area contributed by atoms with Crippen molar-refractivity contribution in [3.8, 4) is 0 Å². The molecule has 0 aromatic rings. The van der Waals surface area contributed by atoms with E-state index >= 15 is 0 Å². The van der Waals surface area contributed by atoms with E-state index in [1.165, 1.54) is 19.3 Å². The zero-order valence-corrected chi connectivity index (χ0v) is 11.0. The van der Waals surface area contributed by atoms with Gasteiger partial charge in [0, 0.05) is 25.0 Å². The molecule has 0 aromatic carbocycles. The molecule has 0 aliphatic carbocycles. The molecule has 0 aromatic heterocycles. The Bertz CT molecular complexity index is 210. The van der Waals surface area contributed by atoms with Gasteiger partial charge in [-0.1, -0.05) is 6.42 Å². The number of nitrogens with one attached hydrogen (secondary N) is 1. The van der Waals surface area contributed by atoms with Gasteiger partial charge in [-0.3, -0.25) is 4.79 Å². The number of hydrogen-bond acceptors (Lipinski definition) is 2. The summed E-state index contributed by atoms with van der Waals surface area (Å²) in [5.41, 5.74) is 0. The molecule has 0 radical (unpaired) electrons. The van der Waals surface area contributed by atoms with E-state index in [4.69, 9.17) is 0 Å². The average Bonchev–Trinajstić information content (AvgIpc) is 2.28. The third-order valence-corrected chi connectivity index (χ3v) is 3.40. The lowest BCUT2D eigenvalue weighted by atomic mass is 10.00. The van der Waals surface area contributed by atoms with Gasteiger partial charge in [0.2, 0.25) is 5.91 Å². The predicted molar refractivity (Wildman–Crippen MR) is 67.4 cm³/mol. The van der Waals surface area contributed by atoms with E-state index in [1.807, 2.05) is 4.90 Å². The second-order valence-electron chi connectivity index (χ2n) is 4.96. The zero-order valence-electron chi connectivity index (χ0n) is 11.0. The SMILES string of the molecule is CCN(C(=O)CCC1CCCCN1)C(C)C. The minimum Gasteiger partial charge on any atom is -0.341 e. The monoisotopic (exact) mass is 226 g/mol. The number of nitrogens with zero attached hydrogens (tertiary/aromatic N) is 1. The Labute approximate surface area is 99.6 Å². The van der Waals surface area contributed by atoms with Crippen molar-refractivity contribution in [2.45, 2.75) is 65.0 Å². The van der Waals surface area contributed by atoms with Crippen LogP contribution in [0, 0.1) is 0 Å². The van der Waals surface area contributed by atoms with Crippen LogP contribution < -0.4 is 5.32 Å². The van der Waals surface area contributed by atoms with E-state index in [0.29, 0.717) is 24.4 Å². The Balaban J connectivity index is 2.27. The highest BCUT2D eigenvalue weighted by Gasteiger charge is 2.18. The summed E-state index contributed by atoms with van der Waals surface area (Å²) in [5.74, 6) is 0.310. The van der Waals surface area contributed by atoms with Gasteiger partial charge < -0.3 is 10.2 Å². The summed E-state index contributed by atoms with van der Waals surface area (Å²) >= 11 is 0. The Kier molecular flexibility index (Phi) is 5.81. The molecule has 1 saturated heterocycles. The molecule has 1 amide bonds. The van der Waals surface area contributed by atoms with E-state index < -0.39 is 0 Å². The molecule has 1 atom stereocenters. The molecule has 16 heavy (non-hydrogen) atoms. The maximum atomic E-state index is 12.0. The molecular formula is C13H26N2O. The highest BCUT2D eigenvalue weighted by atomic mass is 16.2. The average molecular weight is 226 g/mol. The van der Waals surface area contributed by atoms with E-state index in [1.54, 1.807) is 0 Å². The molecule has 3 nitrogen and oxygen atoms in total. The summed E-state index contributed by atoms with van der Waals surface area (Å²) in [7, 11) is 0. The van der Waals surface area contributed by atoms with Gasteiger partial charge in [-0.05, 0) is 46.6 Å². The first-order valence-corrected chi connectivity index (χ1v) is 6.68. The van der Waals surface area contributed by atoms with Crippen LogP contribution in [0.1, 0.15) is 52.9 Å². The van der Waals surface area contributed by atoms with E-state index in [0.717, 1.165) is 19.5 Å². The second-order valence-corrected chi connectivity index (χ2v) is 4.96. The van der Waals surface area contributed by atoms with Crippen molar-refractivity contribution < 1.29 is 4.79 Å². The van der Waals surface area contributed by atoms with Crippen LogP contribution in [0.5, 0.6) is 0 Å². The highest BCUT2D eigenvalue weighted by Crippen LogP contribution is 2.13. The Morgan fingerprint density at radius 3 is 2.69 bits per heavy atom. The molecule has 1 unspecified atom stereocenters. The van der Waals surface area contributed by atoms with Crippen molar-refractivity contribution in [3.05, 3.63) is 0 Å². The van der Waals surface area contributed by atoms with Gasteiger partial charge in [-0.25, -0.2) is 0 Å². The maximum absolute atomic E-state index is 12.0. The van der Waals surface area contributed by atoms with Crippen molar-refractivity contribution in [2.75, 3.05) is 13.1 Å². The van der Waals surface area contributed by atoms with Gasteiger partial charge in [-0.15, -0.1) is 0 Å². The number of amides is 1. The third kappa shape index (κ3) is 4.12. The first-order valence-electron chi connectivity index (χ1n) is 6.68. The van der Waals surface area contributed by atoms with Crippen molar-refractivity contribution in [1.82, 2.24) is 10.2 Å². The molecule has 1 aliphatic heterocycles. The number of hydrogen-bond donors (Lipinski definition) is 1. The first kappa shape index (κ1) is 13.5. The lowest BCUT2D eigenvalue weighted by Gasteiger charge is -2.27. The van der Waals surface area contributed by atoms with Crippen molar-refractivity contribution in [2.24, 2.45) is 0 Å². The van der Waals surface area contributed by atoms with Crippen LogP contribution >= 0.6 is 0 Å². The van der Waals surface area contributed by atoms with Crippen LogP contribution in [0.15, 0.2) is 0 Å². The molecule has 3 heteroatoms. The topological polar surface area (TPSA) is 32.3 Å². The molecule has 1 heterocycles. The molecule has 1 rings (SSSR count). The van der Waals surface area contributed by atoms with Gasteiger partial charge in [0.1, 0.15) is 0 Å². The maximum Gasteiger partial charge on any atom is 0.222 e. The molecule has 0 saturated carbocycles. The molecule has 0 bridgehead atoms. The molecule has 1 fully saturated rings. The molecule has 1 aliphatic rings. The summed E-state index contributed by atoms with van der Waals surface area (Å²) in [4.78, 5) is 13.9. The smallest absolute Gasteiger partial charge is 0.222 e. The minimum absolute atomic E-state index is 0.310. The van der Waals surface area contributed by atoms with E-state index in [2.05, 4.69) is 26.1 Å². The van der Waals surface area contributed by atoms with Crippen molar-refractivity contribution in [1.29, 1.82) is 0 Å². The standard InChI is InChI=1S/C13H26N2O/c1-4-15(11(2)3)13(16)9-8-12-7-5-6-10-14-12/h11-12,14H,4-10H2,1-3H3. The normalized spacial score (nSPS) is 21.1. The Morgan fingerprint density at radius 2 is 2.19 bits per heavy atom. The molecular weight excluding hydrogens is 200 g/mol. The number of carbonyl (C=O) groups is 1. The number of piperidine rings is 1. The Hall–Kier alpha value is -0.570. The van der Waals surface area contributed by atoms with E-state index in [-0.39, 0.29) is 0 Å². The minimum atomic E-state index is 0.310. The van der Waals surface area contributed by atoms with Crippen LogP contribution in [0.4, 0.5) is 0 Å².